The zero-order valence-electron chi connectivity index (χ0n) is 18.6. The number of anilines is 1. The van der Waals surface area contributed by atoms with Crippen molar-refractivity contribution in [1.29, 1.82) is 0 Å². The first-order chi connectivity index (χ1) is 14.6. The molecular formula is C21H34ClIN8. The molecule has 1 aliphatic heterocycles. The number of aryl methyl sites for hydroxylation is 1. The summed E-state index contributed by atoms with van der Waals surface area (Å²) in [5.41, 5.74) is 2.26. The number of halogens is 2. The van der Waals surface area contributed by atoms with Crippen molar-refractivity contribution in [3.63, 3.8) is 0 Å². The van der Waals surface area contributed by atoms with Crippen molar-refractivity contribution in [2.75, 3.05) is 51.2 Å². The molecule has 1 aromatic heterocycles. The average molecular weight is 561 g/mol. The molecule has 1 fully saturated rings. The van der Waals surface area contributed by atoms with Gasteiger partial charge in [0.05, 0.1) is 6.54 Å². The summed E-state index contributed by atoms with van der Waals surface area (Å²) >= 11 is 6.58. The summed E-state index contributed by atoms with van der Waals surface area (Å²) in [6.45, 7) is 11.1. The van der Waals surface area contributed by atoms with Gasteiger partial charge in [-0.25, -0.2) is 4.99 Å². The Kier molecular flexibility index (Phi) is 10.8. The Balaban J connectivity index is 0.00000341. The van der Waals surface area contributed by atoms with Crippen LogP contribution in [0.15, 0.2) is 29.5 Å². The lowest BCUT2D eigenvalue weighted by Gasteiger charge is -2.35. The molecular weight excluding hydrogens is 527 g/mol. The predicted molar refractivity (Wildman–Crippen MR) is 139 cm³/mol. The highest BCUT2D eigenvalue weighted by atomic mass is 127. The molecule has 0 unspecified atom stereocenters. The van der Waals surface area contributed by atoms with E-state index < -0.39 is 0 Å². The van der Waals surface area contributed by atoms with Crippen molar-refractivity contribution < 1.29 is 0 Å². The van der Waals surface area contributed by atoms with Gasteiger partial charge in [-0.1, -0.05) is 24.6 Å². The summed E-state index contributed by atoms with van der Waals surface area (Å²) in [6, 6.07) is 6.13. The topological polar surface area (TPSA) is 73.6 Å². The molecule has 10 heteroatoms. The molecule has 0 spiro atoms. The largest absolute Gasteiger partial charge is 0.369 e. The number of hydrogen-bond acceptors (Lipinski definition) is 5. The highest BCUT2D eigenvalue weighted by Crippen LogP contribution is 2.29. The Hall–Kier alpha value is -1.59. The highest BCUT2D eigenvalue weighted by molar-refractivity contribution is 14.0. The summed E-state index contributed by atoms with van der Waals surface area (Å²) < 4.78 is 2.07. The molecule has 0 bridgehead atoms. The van der Waals surface area contributed by atoms with E-state index in [9.17, 15) is 0 Å². The minimum Gasteiger partial charge on any atom is -0.369 e. The molecule has 1 aromatic carbocycles. The lowest BCUT2D eigenvalue weighted by molar-refractivity contribution is 0.312. The number of piperazine rings is 1. The zero-order valence-corrected chi connectivity index (χ0v) is 21.7. The zero-order chi connectivity index (χ0) is 21.3. The second kappa shape index (κ2) is 13.1. The smallest absolute Gasteiger partial charge is 0.191 e. The van der Waals surface area contributed by atoms with Crippen molar-refractivity contribution in [2.45, 2.75) is 33.4 Å². The van der Waals surface area contributed by atoms with E-state index >= 15 is 0 Å². The number of benzene rings is 1. The van der Waals surface area contributed by atoms with Gasteiger partial charge in [0.15, 0.2) is 5.96 Å². The van der Waals surface area contributed by atoms with Crippen LogP contribution in [0.1, 0.15) is 25.2 Å². The second-order valence-corrected chi connectivity index (χ2v) is 7.85. The third-order valence-corrected chi connectivity index (χ3v) is 5.69. The maximum Gasteiger partial charge on any atom is 0.191 e. The fourth-order valence-electron chi connectivity index (χ4n) is 3.58. The van der Waals surface area contributed by atoms with E-state index in [-0.39, 0.29) is 24.0 Å². The van der Waals surface area contributed by atoms with Gasteiger partial charge in [-0.15, -0.1) is 34.2 Å². The quantitative estimate of drug-likeness (QED) is 0.294. The molecule has 1 saturated heterocycles. The van der Waals surface area contributed by atoms with Crippen LogP contribution in [0.3, 0.4) is 0 Å². The lowest BCUT2D eigenvalue weighted by atomic mass is 10.1. The van der Waals surface area contributed by atoms with E-state index in [1.165, 1.54) is 5.69 Å². The monoisotopic (exact) mass is 560 g/mol. The summed E-state index contributed by atoms with van der Waals surface area (Å²) in [5, 5.41) is 15.6. The van der Waals surface area contributed by atoms with Gasteiger partial charge in [0.1, 0.15) is 12.2 Å². The normalized spacial score (nSPS) is 15.0. The maximum absolute atomic E-state index is 6.58. The number of aliphatic imine (C=N–C) groups is 1. The summed E-state index contributed by atoms with van der Waals surface area (Å²) in [4.78, 5) is 9.57. The van der Waals surface area contributed by atoms with E-state index in [4.69, 9.17) is 16.6 Å². The van der Waals surface area contributed by atoms with E-state index in [1.54, 1.807) is 6.33 Å². The van der Waals surface area contributed by atoms with Gasteiger partial charge in [-0.3, -0.25) is 0 Å². The van der Waals surface area contributed by atoms with Crippen molar-refractivity contribution in [1.82, 2.24) is 30.3 Å². The molecule has 2 N–H and O–H groups in total. The van der Waals surface area contributed by atoms with Crippen LogP contribution in [-0.2, 0) is 19.5 Å². The molecule has 1 aliphatic rings. The Morgan fingerprint density at radius 2 is 1.94 bits per heavy atom. The lowest BCUT2D eigenvalue weighted by Crippen LogP contribution is -2.44. The van der Waals surface area contributed by atoms with Crippen molar-refractivity contribution in [3.8, 4) is 0 Å². The van der Waals surface area contributed by atoms with Crippen LogP contribution in [0.4, 0.5) is 5.69 Å². The Morgan fingerprint density at radius 1 is 1.16 bits per heavy atom. The molecule has 0 amide bonds. The minimum atomic E-state index is 0. The number of guanidine groups is 1. The SMILES string of the molecule is CCNC(=NCc1c(Cl)cccc1N1CCN(C)CC1)NCCn1cnnc1CC.I. The first-order valence-electron chi connectivity index (χ1n) is 10.7. The fourth-order valence-corrected chi connectivity index (χ4v) is 3.81. The van der Waals surface area contributed by atoms with Gasteiger partial charge in [0, 0.05) is 68.5 Å². The van der Waals surface area contributed by atoms with E-state index in [0.29, 0.717) is 6.54 Å². The molecule has 8 nitrogen and oxygen atoms in total. The molecule has 0 radical (unpaired) electrons. The summed E-state index contributed by atoms with van der Waals surface area (Å²) in [5.74, 6) is 1.78. The number of likely N-dealkylation sites (N-methyl/N-ethyl adjacent to an activating group) is 1. The Labute approximate surface area is 207 Å². The van der Waals surface area contributed by atoms with E-state index in [2.05, 4.69) is 62.2 Å². The van der Waals surface area contributed by atoms with Crippen LogP contribution in [0.2, 0.25) is 5.02 Å². The fraction of sp³-hybridized carbons (Fsp3) is 0.571. The van der Waals surface area contributed by atoms with E-state index in [1.807, 2.05) is 12.1 Å². The molecule has 2 aromatic rings. The second-order valence-electron chi connectivity index (χ2n) is 7.44. The molecule has 31 heavy (non-hydrogen) atoms. The van der Waals surface area contributed by atoms with Crippen LogP contribution < -0.4 is 15.5 Å². The van der Waals surface area contributed by atoms with Crippen LogP contribution in [0.5, 0.6) is 0 Å². The molecule has 2 heterocycles. The van der Waals surface area contributed by atoms with Crippen LogP contribution in [0, 0.1) is 0 Å². The molecule has 0 atom stereocenters. The molecule has 3 rings (SSSR count). The predicted octanol–water partition coefficient (Wildman–Crippen LogP) is 2.62. The minimum absolute atomic E-state index is 0. The van der Waals surface area contributed by atoms with Gasteiger partial charge in [0.25, 0.3) is 0 Å². The third-order valence-electron chi connectivity index (χ3n) is 5.33. The van der Waals surface area contributed by atoms with Crippen LogP contribution in [0.25, 0.3) is 0 Å². The van der Waals surface area contributed by atoms with Crippen LogP contribution >= 0.6 is 35.6 Å². The standard InChI is InChI=1S/C21H33ClN8.HI/c1-4-20-27-26-16-30(20)10-9-24-21(23-5-2)25-15-17-18(22)7-6-8-19(17)29-13-11-28(3)12-14-29;/h6-8,16H,4-5,9-15H2,1-3H3,(H2,23,24,25);1H. The van der Waals surface area contributed by atoms with E-state index in [0.717, 1.165) is 74.6 Å². The van der Waals surface area contributed by atoms with Crippen molar-refractivity contribution >= 4 is 47.2 Å². The van der Waals surface area contributed by atoms with Crippen molar-refractivity contribution in [2.24, 2.45) is 4.99 Å². The van der Waals surface area contributed by atoms with Gasteiger partial charge in [0.2, 0.25) is 0 Å². The van der Waals surface area contributed by atoms with Crippen molar-refractivity contribution in [3.05, 3.63) is 40.9 Å². The average Bonchev–Trinajstić information content (AvgIpc) is 3.20. The van der Waals surface area contributed by atoms with Gasteiger partial charge in [-0.05, 0) is 26.1 Å². The first kappa shape index (κ1) is 25.7. The number of nitrogens with zero attached hydrogens (tertiary/aromatic N) is 6. The van der Waals surface area contributed by atoms with Gasteiger partial charge in [-0.2, -0.15) is 0 Å². The maximum atomic E-state index is 6.58. The van der Waals surface area contributed by atoms with Crippen LogP contribution in [-0.4, -0.2) is 71.9 Å². The molecule has 172 valence electrons. The van der Waals surface area contributed by atoms with Gasteiger partial charge < -0.3 is 25.0 Å². The number of nitrogens with one attached hydrogen (secondary N) is 2. The molecule has 0 saturated carbocycles. The number of rotatable bonds is 8. The Bertz CT molecular complexity index is 833. The first-order valence-corrected chi connectivity index (χ1v) is 11.1. The van der Waals surface area contributed by atoms with Gasteiger partial charge >= 0.3 is 0 Å². The summed E-state index contributed by atoms with van der Waals surface area (Å²) in [7, 11) is 2.16. The highest BCUT2D eigenvalue weighted by Gasteiger charge is 2.18. The molecule has 0 aliphatic carbocycles. The Morgan fingerprint density at radius 3 is 2.65 bits per heavy atom. The number of aromatic nitrogens is 3. The number of hydrogen-bond donors (Lipinski definition) is 2. The summed E-state index contributed by atoms with van der Waals surface area (Å²) in [6.07, 6.45) is 2.65. The third kappa shape index (κ3) is 7.21.